The van der Waals surface area contributed by atoms with Crippen molar-refractivity contribution < 1.29 is 9.18 Å². The van der Waals surface area contributed by atoms with Crippen molar-refractivity contribution >= 4 is 32.9 Å². The van der Waals surface area contributed by atoms with Gasteiger partial charge in [0.05, 0.1) is 17.2 Å². The van der Waals surface area contributed by atoms with Crippen LogP contribution in [-0.2, 0) is 6.54 Å². The Morgan fingerprint density at radius 3 is 2.74 bits per heavy atom. The Balaban J connectivity index is 1.84. The van der Waals surface area contributed by atoms with Crippen LogP contribution in [0.1, 0.15) is 16.1 Å². The number of halogens is 2. The number of carbonyl (C=O) groups excluding carboxylic acids is 1. The second-order valence-electron chi connectivity index (χ2n) is 5.14. The SMILES string of the molecule is CN(Cc1cc(Br)ccc1F)C(=O)c1cnc2ccccc2n1. The molecule has 0 aliphatic heterocycles. The Morgan fingerprint density at radius 2 is 1.96 bits per heavy atom. The fourth-order valence-corrected chi connectivity index (χ4v) is 2.66. The van der Waals surface area contributed by atoms with Crippen LogP contribution in [0.5, 0.6) is 0 Å². The number of amides is 1. The molecule has 23 heavy (non-hydrogen) atoms. The summed E-state index contributed by atoms with van der Waals surface area (Å²) in [5, 5.41) is 0. The third-order valence-corrected chi connectivity index (χ3v) is 3.92. The third kappa shape index (κ3) is 3.37. The van der Waals surface area contributed by atoms with Crippen LogP contribution in [-0.4, -0.2) is 27.8 Å². The van der Waals surface area contributed by atoms with Crippen molar-refractivity contribution in [3.63, 3.8) is 0 Å². The molecule has 0 aliphatic rings. The number of nitrogens with zero attached hydrogens (tertiary/aromatic N) is 3. The molecule has 0 atom stereocenters. The normalized spacial score (nSPS) is 10.7. The van der Waals surface area contributed by atoms with Crippen molar-refractivity contribution in [2.24, 2.45) is 0 Å². The van der Waals surface area contributed by atoms with E-state index in [1.807, 2.05) is 18.2 Å². The van der Waals surface area contributed by atoms with Gasteiger partial charge < -0.3 is 4.90 Å². The third-order valence-electron chi connectivity index (χ3n) is 3.43. The lowest BCUT2D eigenvalue weighted by Gasteiger charge is -2.17. The minimum Gasteiger partial charge on any atom is -0.336 e. The summed E-state index contributed by atoms with van der Waals surface area (Å²) >= 11 is 3.30. The maximum atomic E-state index is 13.8. The molecule has 0 unspecified atom stereocenters. The molecule has 0 fully saturated rings. The molecule has 0 N–H and O–H groups in total. The lowest BCUT2D eigenvalue weighted by Crippen LogP contribution is -2.27. The summed E-state index contributed by atoms with van der Waals surface area (Å²) in [4.78, 5) is 22.5. The highest BCUT2D eigenvalue weighted by molar-refractivity contribution is 9.10. The summed E-state index contributed by atoms with van der Waals surface area (Å²) in [6.45, 7) is 0.151. The predicted octanol–water partition coefficient (Wildman–Crippen LogP) is 3.80. The molecular weight excluding hydrogens is 361 g/mol. The second-order valence-corrected chi connectivity index (χ2v) is 6.06. The topological polar surface area (TPSA) is 46.1 Å². The van der Waals surface area contributed by atoms with Crippen molar-refractivity contribution in [1.82, 2.24) is 14.9 Å². The molecule has 0 radical (unpaired) electrons. The van der Waals surface area contributed by atoms with E-state index in [0.29, 0.717) is 11.1 Å². The fourth-order valence-electron chi connectivity index (χ4n) is 2.25. The van der Waals surface area contributed by atoms with E-state index in [1.165, 1.54) is 17.2 Å². The molecule has 1 heterocycles. The van der Waals surface area contributed by atoms with Gasteiger partial charge in [-0.1, -0.05) is 28.1 Å². The minimum absolute atomic E-state index is 0.151. The van der Waals surface area contributed by atoms with Gasteiger partial charge in [-0.15, -0.1) is 0 Å². The van der Waals surface area contributed by atoms with E-state index in [4.69, 9.17) is 0 Å². The highest BCUT2D eigenvalue weighted by Gasteiger charge is 2.16. The van der Waals surface area contributed by atoms with Crippen LogP contribution in [0.25, 0.3) is 11.0 Å². The molecule has 0 bridgehead atoms. The van der Waals surface area contributed by atoms with Crippen molar-refractivity contribution in [3.8, 4) is 0 Å². The zero-order chi connectivity index (χ0) is 16.4. The van der Waals surface area contributed by atoms with Crippen molar-refractivity contribution in [2.75, 3.05) is 7.05 Å². The Bertz CT molecular complexity index is 885. The lowest BCUT2D eigenvalue weighted by atomic mass is 10.2. The first-order valence-corrected chi connectivity index (χ1v) is 7.75. The maximum Gasteiger partial charge on any atom is 0.274 e. The van der Waals surface area contributed by atoms with Crippen LogP contribution in [0.2, 0.25) is 0 Å². The highest BCUT2D eigenvalue weighted by atomic mass is 79.9. The molecule has 3 aromatic rings. The molecule has 0 saturated carbocycles. The minimum atomic E-state index is -0.350. The lowest BCUT2D eigenvalue weighted by molar-refractivity contribution is 0.0778. The molecule has 0 saturated heterocycles. The van der Waals surface area contributed by atoms with Gasteiger partial charge >= 0.3 is 0 Å². The van der Waals surface area contributed by atoms with Crippen LogP contribution in [0.15, 0.2) is 53.1 Å². The number of fused-ring (bicyclic) bond motifs is 1. The zero-order valence-electron chi connectivity index (χ0n) is 12.3. The van der Waals surface area contributed by atoms with Gasteiger partial charge in [-0.2, -0.15) is 0 Å². The average molecular weight is 374 g/mol. The highest BCUT2D eigenvalue weighted by Crippen LogP contribution is 2.18. The monoisotopic (exact) mass is 373 g/mol. The van der Waals surface area contributed by atoms with Crippen LogP contribution in [0, 0.1) is 5.82 Å². The second kappa shape index (κ2) is 6.42. The number of carbonyl (C=O) groups is 1. The largest absolute Gasteiger partial charge is 0.336 e. The number of aromatic nitrogens is 2. The standard InChI is InChI=1S/C17H13BrFN3O/c1-22(10-11-8-12(18)6-7-13(11)19)17(23)16-9-20-14-4-2-3-5-15(14)21-16/h2-9H,10H2,1H3. The number of hydrogen-bond acceptors (Lipinski definition) is 3. The predicted molar refractivity (Wildman–Crippen MR) is 89.4 cm³/mol. The molecule has 1 aromatic heterocycles. The first-order chi connectivity index (χ1) is 11.0. The molecular formula is C17H13BrFN3O. The smallest absolute Gasteiger partial charge is 0.274 e. The summed E-state index contributed by atoms with van der Waals surface area (Å²) in [5.74, 6) is -0.653. The van der Waals surface area contributed by atoms with Crippen LogP contribution < -0.4 is 0 Å². The Labute approximate surface area is 141 Å². The van der Waals surface area contributed by atoms with E-state index in [0.717, 1.165) is 9.99 Å². The summed E-state index contributed by atoms with van der Waals surface area (Å²) in [5.41, 5.74) is 2.05. The van der Waals surface area contributed by atoms with E-state index in [-0.39, 0.29) is 24.0 Å². The molecule has 1 amide bonds. The van der Waals surface area contributed by atoms with Gasteiger partial charge in [-0.3, -0.25) is 9.78 Å². The summed E-state index contributed by atoms with van der Waals surface area (Å²) in [6.07, 6.45) is 1.44. The van der Waals surface area contributed by atoms with E-state index in [1.54, 1.807) is 25.2 Å². The Morgan fingerprint density at radius 1 is 1.22 bits per heavy atom. The number of para-hydroxylation sites is 2. The molecule has 0 spiro atoms. The van der Waals surface area contributed by atoms with E-state index >= 15 is 0 Å². The molecule has 116 valence electrons. The number of benzene rings is 2. The van der Waals surface area contributed by atoms with Gasteiger partial charge in [0.25, 0.3) is 5.91 Å². The maximum absolute atomic E-state index is 13.8. The van der Waals surface area contributed by atoms with Crippen LogP contribution in [0.4, 0.5) is 4.39 Å². The molecule has 2 aromatic carbocycles. The van der Waals surface area contributed by atoms with Gasteiger partial charge in [-0.05, 0) is 30.3 Å². The molecule has 4 nitrogen and oxygen atoms in total. The average Bonchev–Trinajstić information content (AvgIpc) is 2.57. The van der Waals surface area contributed by atoms with Crippen molar-refractivity contribution in [3.05, 3.63) is 70.2 Å². The van der Waals surface area contributed by atoms with Gasteiger partial charge in [0.15, 0.2) is 0 Å². The van der Waals surface area contributed by atoms with Gasteiger partial charge in [0.1, 0.15) is 11.5 Å². The fraction of sp³-hybridized carbons (Fsp3) is 0.118. The van der Waals surface area contributed by atoms with Crippen LogP contribution in [0.3, 0.4) is 0 Å². The first kappa shape index (κ1) is 15.6. The quantitative estimate of drug-likeness (QED) is 0.701. The molecule has 0 aliphatic carbocycles. The number of rotatable bonds is 3. The summed E-state index contributed by atoms with van der Waals surface area (Å²) < 4.78 is 14.6. The van der Waals surface area contributed by atoms with E-state index in [2.05, 4.69) is 25.9 Å². The van der Waals surface area contributed by atoms with Crippen molar-refractivity contribution in [1.29, 1.82) is 0 Å². The van der Waals surface area contributed by atoms with Gasteiger partial charge in [0.2, 0.25) is 0 Å². The summed E-state index contributed by atoms with van der Waals surface area (Å²) in [7, 11) is 1.61. The molecule has 6 heteroatoms. The van der Waals surface area contributed by atoms with Crippen molar-refractivity contribution in [2.45, 2.75) is 6.54 Å². The first-order valence-electron chi connectivity index (χ1n) is 6.96. The Hall–Kier alpha value is -2.34. The van der Waals surface area contributed by atoms with Gasteiger partial charge in [0, 0.05) is 23.6 Å². The number of hydrogen-bond donors (Lipinski definition) is 0. The molecule has 3 rings (SSSR count). The van der Waals surface area contributed by atoms with E-state index < -0.39 is 0 Å². The van der Waals surface area contributed by atoms with Gasteiger partial charge in [-0.25, -0.2) is 9.37 Å². The van der Waals surface area contributed by atoms with Crippen LogP contribution >= 0.6 is 15.9 Å². The Kier molecular flexibility index (Phi) is 4.34. The van der Waals surface area contributed by atoms with E-state index in [9.17, 15) is 9.18 Å². The zero-order valence-corrected chi connectivity index (χ0v) is 13.9. The summed E-state index contributed by atoms with van der Waals surface area (Å²) in [6, 6.07) is 12.0.